The second-order valence-corrected chi connectivity index (χ2v) is 0. The summed E-state index contributed by atoms with van der Waals surface area (Å²) in [6.45, 7) is 0. The van der Waals surface area contributed by atoms with Crippen molar-refractivity contribution in [2.45, 2.75) is 0 Å². The van der Waals surface area contributed by atoms with Gasteiger partial charge in [0.2, 0.25) is 0 Å². The number of hydrogen-bond acceptors (Lipinski definition) is 0. The smallest absolute Gasteiger partial charge is 1.00 e. The van der Waals surface area contributed by atoms with Crippen molar-refractivity contribution in [1.82, 2.24) is 0 Å². The second-order valence-electron chi connectivity index (χ2n) is 0. The first-order valence-electron chi connectivity index (χ1n) is 0. The molecule has 0 spiro atoms. The molecule has 0 unspecified atom stereocenters. The fraction of sp³-hybridized carbons (Fsp3) is 0. The van der Waals surface area contributed by atoms with E-state index in [1.165, 1.54) is 0 Å². The Hall–Kier alpha value is 2.43. The maximum atomic E-state index is 0. The third-order valence-corrected chi connectivity index (χ3v) is 0. The van der Waals surface area contributed by atoms with Crippen LogP contribution < -0.4 is 49.6 Å². The largest absolute Gasteiger partial charge is 3.00 e. The van der Waals surface area contributed by atoms with Gasteiger partial charge in [-0.2, -0.15) is 0 Å². The van der Waals surface area contributed by atoms with E-state index in [1.807, 2.05) is 0 Å². The van der Waals surface area contributed by atoms with E-state index in [-0.39, 0.29) is 89.2 Å². The molecule has 0 aliphatic rings. The predicted octanol–water partition coefficient (Wildman–Crippen LogP) is -12.7. The Morgan fingerprint density at radius 1 is 0.333 bits per heavy atom. The minimum absolute atomic E-state index is 0. The van der Waals surface area contributed by atoms with E-state index in [9.17, 15) is 0 Å². The predicted molar refractivity (Wildman–Crippen MR) is 11.5 cm³/mol. The summed E-state index contributed by atoms with van der Waals surface area (Å²) in [5.41, 5.74) is 0. The normalized spacial score (nSPS) is 0. The molecule has 0 amide bonds. The van der Waals surface area contributed by atoms with Crippen molar-refractivity contribution in [2.24, 2.45) is 0 Å². The van der Waals surface area contributed by atoms with Crippen molar-refractivity contribution < 1.29 is 49.6 Å². The molecule has 0 aliphatic heterocycles. The molecule has 0 aliphatic carbocycles. The summed E-state index contributed by atoms with van der Waals surface area (Å²) in [5.74, 6) is 0. The molecule has 0 fully saturated rings. The van der Waals surface area contributed by atoms with Gasteiger partial charge in [0.1, 0.15) is 0 Å². The first-order valence-corrected chi connectivity index (χ1v) is 0. The van der Waals surface area contributed by atoms with E-state index < -0.39 is 0 Å². The Balaban J connectivity index is 0. The van der Waals surface area contributed by atoms with Gasteiger partial charge in [-0.3, -0.25) is 0 Å². The van der Waals surface area contributed by atoms with Crippen LogP contribution in [0.5, 0.6) is 0 Å². The molecule has 0 nitrogen and oxygen atoms in total. The van der Waals surface area contributed by atoms with E-state index in [0.717, 1.165) is 0 Å². The molecule has 32 valence electrons. The van der Waals surface area contributed by atoms with E-state index in [1.54, 1.807) is 0 Å². The van der Waals surface area contributed by atoms with Crippen molar-refractivity contribution >= 4 is 39.6 Å². The molecule has 0 radical (unpaired) electrons. The summed E-state index contributed by atoms with van der Waals surface area (Å²) in [6.07, 6.45) is 0. The van der Waals surface area contributed by atoms with Crippen LogP contribution in [0.2, 0.25) is 0 Å². The van der Waals surface area contributed by atoms with E-state index in [4.69, 9.17) is 0 Å². The van der Waals surface area contributed by atoms with Gasteiger partial charge in [-0.1, -0.05) is 0 Å². The van der Waals surface area contributed by atoms with Gasteiger partial charge in [-0.05, 0) is 0 Å². The van der Waals surface area contributed by atoms with Gasteiger partial charge >= 0.3 is 39.6 Å². The third kappa shape index (κ3) is 32.1. The molecule has 0 bridgehead atoms. The van der Waals surface area contributed by atoms with Crippen LogP contribution in [0.4, 0.5) is 0 Å². The van der Waals surface area contributed by atoms with Gasteiger partial charge in [0.25, 0.3) is 0 Å². The Kier molecular flexibility index (Phi) is 682. The molecule has 6 heavy (non-hydrogen) atoms. The van der Waals surface area contributed by atoms with Crippen LogP contribution in [0.15, 0.2) is 0 Å². The maximum Gasteiger partial charge on any atom is 3.00 e. The molecule has 0 aromatic rings. The van der Waals surface area contributed by atoms with Crippen LogP contribution in [0.3, 0.4) is 0 Å². The summed E-state index contributed by atoms with van der Waals surface area (Å²) >= 11 is 0. The van der Waals surface area contributed by atoms with Gasteiger partial charge < -0.3 is 49.6 Å². The third-order valence-electron chi connectivity index (χ3n) is 0. The number of rotatable bonds is 0. The summed E-state index contributed by atoms with van der Waals surface area (Å²) in [5, 5.41) is 0. The molecular formula is Cl4Ga2+2. The molecule has 0 aromatic carbocycles. The first-order chi connectivity index (χ1) is 0. The van der Waals surface area contributed by atoms with Crippen molar-refractivity contribution in [3.63, 3.8) is 0 Å². The van der Waals surface area contributed by atoms with Crippen molar-refractivity contribution in [3.05, 3.63) is 0 Å². The molecule has 0 saturated carbocycles. The van der Waals surface area contributed by atoms with Crippen molar-refractivity contribution in [1.29, 1.82) is 0 Å². The average molecular weight is 281 g/mol. The topological polar surface area (TPSA) is 0 Å². The van der Waals surface area contributed by atoms with Crippen molar-refractivity contribution in [3.8, 4) is 0 Å². The van der Waals surface area contributed by atoms with Crippen LogP contribution in [-0.2, 0) is 0 Å². The summed E-state index contributed by atoms with van der Waals surface area (Å²) in [7, 11) is 0. The molecule has 6 heteroatoms. The first kappa shape index (κ1) is 78.7. The number of hydrogen-bond donors (Lipinski definition) is 0. The van der Waals surface area contributed by atoms with Crippen molar-refractivity contribution in [2.75, 3.05) is 0 Å². The minimum atomic E-state index is 0. The SMILES string of the molecule is [Cl-].[Cl-].[Cl-].[Cl-].[Ga+3].[Ga+3]. The van der Waals surface area contributed by atoms with Gasteiger partial charge in [0.05, 0.1) is 0 Å². The summed E-state index contributed by atoms with van der Waals surface area (Å²) < 4.78 is 0. The van der Waals surface area contributed by atoms with Crippen LogP contribution in [0.25, 0.3) is 0 Å². The molecule has 0 heterocycles. The van der Waals surface area contributed by atoms with Crippen LogP contribution >= 0.6 is 0 Å². The van der Waals surface area contributed by atoms with Crippen LogP contribution in [0.1, 0.15) is 0 Å². The maximum absolute atomic E-state index is 0. The molecule has 0 aromatic heterocycles. The Bertz CT molecular complexity index is 5.51. The minimum Gasteiger partial charge on any atom is -1.00 e. The van der Waals surface area contributed by atoms with E-state index in [0.29, 0.717) is 0 Å². The zero-order chi connectivity index (χ0) is 0. The molecule has 0 saturated heterocycles. The Morgan fingerprint density at radius 2 is 0.333 bits per heavy atom. The standard InChI is InChI=1S/4ClH.2Ga/h4*1H;;/q;;;;2*+3/p-4. The van der Waals surface area contributed by atoms with Gasteiger partial charge in [-0.25, -0.2) is 0 Å². The molecular weight excluding hydrogens is 281 g/mol. The molecule has 0 N–H and O–H groups in total. The van der Waals surface area contributed by atoms with Crippen LogP contribution in [-0.4, -0.2) is 39.6 Å². The van der Waals surface area contributed by atoms with Crippen LogP contribution in [0, 0.1) is 0 Å². The van der Waals surface area contributed by atoms with E-state index in [2.05, 4.69) is 0 Å². The summed E-state index contributed by atoms with van der Waals surface area (Å²) in [6, 6.07) is 0. The number of halogens is 4. The monoisotopic (exact) mass is 278 g/mol. The zero-order valence-electron chi connectivity index (χ0n) is 2.67. The van der Waals surface area contributed by atoms with E-state index >= 15 is 0 Å². The van der Waals surface area contributed by atoms with Gasteiger partial charge in [0, 0.05) is 0 Å². The second kappa shape index (κ2) is 52.0. The zero-order valence-corrected chi connectivity index (χ0v) is 10.5. The summed E-state index contributed by atoms with van der Waals surface area (Å²) in [4.78, 5) is 0. The fourth-order valence-electron chi connectivity index (χ4n) is 0. The fourth-order valence-corrected chi connectivity index (χ4v) is 0. The van der Waals surface area contributed by atoms with Gasteiger partial charge in [-0.15, -0.1) is 0 Å². The Labute approximate surface area is 88.3 Å². The van der Waals surface area contributed by atoms with Gasteiger partial charge in [0.15, 0.2) is 0 Å². The quantitative estimate of drug-likeness (QED) is 0.387. The molecule has 0 rings (SSSR count). The average Bonchev–Trinajstić information content (AvgIpc) is 0. The molecule has 0 atom stereocenters. The Morgan fingerprint density at radius 3 is 0.333 bits per heavy atom.